The summed E-state index contributed by atoms with van der Waals surface area (Å²) in [6.07, 6.45) is 3.65. The SMILES string of the molecule is C[C@@H]1CN(c2ncc3c(n2)CC(C)(C)C[C@@H]3NC(=O)COc2ccccc2F)C[C@@H](C)O1. The van der Waals surface area contributed by atoms with E-state index in [0.29, 0.717) is 5.95 Å². The highest BCUT2D eigenvalue weighted by Crippen LogP contribution is 2.40. The van der Waals surface area contributed by atoms with Gasteiger partial charge in [0.1, 0.15) is 0 Å². The number of hydrogen-bond acceptors (Lipinski definition) is 6. The lowest BCUT2D eigenvalue weighted by molar-refractivity contribution is -0.124. The molecule has 1 saturated heterocycles. The van der Waals surface area contributed by atoms with Crippen LogP contribution >= 0.6 is 0 Å². The maximum Gasteiger partial charge on any atom is 0.258 e. The van der Waals surface area contributed by atoms with E-state index >= 15 is 0 Å². The number of carbonyl (C=O) groups excluding carboxylic acids is 1. The van der Waals surface area contributed by atoms with E-state index in [2.05, 4.69) is 42.9 Å². The van der Waals surface area contributed by atoms with Crippen molar-refractivity contribution in [1.82, 2.24) is 15.3 Å². The van der Waals surface area contributed by atoms with Gasteiger partial charge < -0.3 is 19.7 Å². The van der Waals surface area contributed by atoms with E-state index in [-0.39, 0.29) is 41.9 Å². The highest BCUT2D eigenvalue weighted by molar-refractivity contribution is 5.78. The highest BCUT2D eigenvalue weighted by atomic mass is 19.1. The summed E-state index contributed by atoms with van der Waals surface area (Å²) in [5.74, 6) is -0.0238. The molecule has 0 spiro atoms. The molecule has 4 rings (SSSR count). The Morgan fingerprint density at radius 2 is 2.00 bits per heavy atom. The second kappa shape index (κ2) is 9.02. The number of benzene rings is 1. The fourth-order valence-electron chi connectivity index (χ4n) is 4.60. The maximum atomic E-state index is 13.8. The molecule has 3 atom stereocenters. The zero-order valence-electron chi connectivity index (χ0n) is 19.1. The van der Waals surface area contributed by atoms with E-state index in [0.717, 1.165) is 37.2 Å². The molecular formula is C24H31FN4O3. The molecule has 0 saturated carbocycles. The van der Waals surface area contributed by atoms with Crippen molar-refractivity contribution in [3.8, 4) is 5.75 Å². The van der Waals surface area contributed by atoms with Crippen LogP contribution < -0.4 is 15.0 Å². The first kappa shape index (κ1) is 22.5. The molecule has 0 unspecified atom stereocenters. The first-order chi connectivity index (χ1) is 15.2. The van der Waals surface area contributed by atoms with Crippen LogP contribution in [0.15, 0.2) is 30.5 Å². The lowest BCUT2D eigenvalue weighted by Gasteiger charge is -2.38. The standard InChI is InChI=1S/C24H31FN4O3/c1-15-12-29(13-16(2)32-15)23-26-11-17-19(9-24(3,4)10-20(17)28-23)27-22(30)14-31-21-8-6-5-7-18(21)25/h5-8,11,15-16,19H,9-10,12-14H2,1-4H3,(H,27,30)/t15-,16-,19+/m1/s1. The second-order valence-electron chi connectivity index (χ2n) is 9.62. The molecule has 7 nitrogen and oxygen atoms in total. The van der Waals surface area contributed by atoms with Gasteiger partial charge in [-0.2, -0.15) is 0 Å². The number of nitrogens with zero attached hydrogens (tertiary/aromatic N) is 3. The van der Waals surface area contributed by atoms with Gasteiger partial charge >= 0.3 is 0 Å². The van der Waals surface area contributed by atoms with Crippen molar-refractivity contribution in [2.45, 2.75) is 58.8 Å². The van der Waals surface area contributed by atoms with Crippen molar-refractivity contribution in [1.29, 1.82) is 0 Å². The largest absolute Gasteiger partial charge is 0.481 e. The van der Waals surface area contributed by atoms with Crippen molar-refractivity contribution < 1.29 is 18.7 Å². The molecular weight excluding hydrogens is 411 g/mol. The van der Waals surface area contributed by atoms with Crippen LogP contribution in [-0.4, -0.2) is 47.8 Å². The summed E-state index contributed by atoms with van der Waals surface area (Å²) in [4.78, 5) is 24.3. The zero-order valence-corrected chi connectivity index (χ0v) is 19.1. The van der Waals surface area contributed by atoms with Crippen LogP contribution in [0.25, 0.3) is 0 Å². The number of rotatable bonds is 5. The zero-order chi connectivity index (χ0) is 22.9. The van der Waals surface area contributed by atoms with Gasteiger partial charge in [-0.15, -0.1) is 0 Å². The van der Waals surface area contributed by atoms with Crippen molar-refractivity contribution in [3.05, 3.63) is 47.5 Å². The summed E-state index contributed by atoms with van der Waals surface area (Å²) in [5.41, 5.74) is 1.86. The minimum atomic E-state index is -0.489. The van der Waals surface area contributed by atoms with E-state index in [1.165, 1.54) is 12.1 Å². The normalized spacial score (nSPS) is 24.5. The smallest absolute Gasteiger partial charge is 0.258 e. The molecule has 1 aliphatic carbocycles. The van der Waals surface area contributed by atoms with E-state index in [1.807, 2.05) is 6.20 Å². The van der Waals surface area contributed by atoms with E-state index in [9.17, 15) is 9.18 Å². The van der Waals surface area contributed by atoms with Crippen molar-refractivity contribution in [3.63, 3.8) is 0 Å². The number of aromatic nitrogens is 2. The van der Waals surface area contributed by atoms with Crippen LogP contribution in [-0.2, 0) is 16.0 Å². The Kier molecular flexibility index (Phi) is 6.33. The number of amides is 1. The van der Waals surface area contributed by atoms with Crippen LogP contribution in [0.3, 0.4) is 0 Å². The van der Waals surface area contributed by atoms with Gasteiger partial charge in [-0.05, 0) is 44.2 Å². The Labute approximate surface area is 188 Å². The fourth-order valence-corrected chi connectivity index (χ4v) is 4.60. The Morgan fingerprint density at radius 1 is 1.28 bits per heavy atom. The summed E-state index contributed by atoms with van der Waals surface area (Å²) in [6, 6.07) is 5.83. The Hall–Kier alpha value is -2.74. The number of morpholine rings is 1. The van der Waals surface area contributed by atoms with Crippen LogP contribution in [0.2, 0.25) is 0 Å². The fraction of sp³-hybridized carbons (Fsp3) is 0.542. The third-order valence-electron chi connectivity index (χ3n) is 5.90. The Morgan fingerprint density at radius 3 is 2.72 bits per heavy atom. The van der Waals surface area contributed by atoms with Gasteiger partial charge in [-0.3, -0.25) is 4.79 Å². The minimum Gasteiger partial charge on any atom is -0.481 e. The number of ether oxygens (including phenoxy) is 2. The van der Waals surface area contributed by atoms with E-state index < -0.39 is 5.82 Å². The molecule has 32 heavy (non-hydrogen) atoms. The molecule has 172 valence electrons. The number of para-hydroxylation sites is 1. The summed E-state index contributed by atoms with van der Waals surface area (Å²) in [6.45, 7) is 9.70. The van der Waals surface area contributed by atoms with Gasteiger partial charge in [-0.1, -0.05) is 26.0 Å². The quantitative estimate of drug-likeness (QED) is 0.765. The number of fused-ring (bicyclic) bond motifs is 1. The molecule has 2 heterocycles. The number of carbonyl (C=O) groups is 1. The molecule has 0 radical (unpaired) electrons. The van der Waals surface area contributed by atoms with Crippen molar-refractivity contribution in [2.24, 2.45) is 5.41 Å². The first-order valence-electron chi connectivity index (χ1n) is 11.1. The molecule has 1 fully saturated rings. The molecule has 1 amide bonds. The van der Waals surface area contributed by atoms with Crippen molar-refractivity contribution in [2.75, 3.05) is 24.6 Å². The van der Waals surface area contributed by atoms with Gasteiger partial charge in [0.25, 0.3) is 5.91 Å². The molecule has 1 N–H and O–H groups in total. The summed E-state index contributed by atoms with van der Waals surface area (Å²) < 4.78 is 24.9. The predicted octanol–water partition coefficient (Wildman–Crippen LogP) is 3.44. The molecule has 8 heteroatoms. The highest BCUT2D eigenvalue weighted by Gasteiger charge is 2.35. The Bertz CT molecular complexity index is 973. The second-order valence-corrected chi connectivity index (χ2v) is 9.62. The molecule has 1 aromatic carbocycles. The average molecular weight is 443 g/mol. The van der Waals surface area contributed by atoms with Crippen LogP contribution in [0.5, 0.6) is 5.75 Å². The number of nitrogens with one attached hydrogen (secondary N) is 1. The lowest BCUT2D eigenvalue weighted by atomic mass is 9.74. The third kappa shape index (κ3) is 5.18. The van der Waals surface area contributed by atoms with Gasteiger partial charge in [0.2, 0.25) is 5.95 Å². The molecule has 1 aromatic heterocycles. The van der Waals surface area contributed by atoms with E-state index in [4.69, 9.17) is 14.5 Å². The summed E-state index contributed by atoms with van der Waals surface area (Å²) in [5, 5.41) is 3.03. The van der Waals surface area contributed by atoms with E-state index in [1.54, 1.807) is 12.1 Å². The maximum absolute atomic E-state index is 13.8. The topological polar surface area (TPSA) is 76.6 Å². The van der Waals surface area contributed by atoms with Gasteiger partial charge in [0.05, 0.1) is 23.9 Å². The Balaban J connectivity index is 1.48. The average Bonchev–Trinajstić information content (AvgIpc) is 2.71. The third-order valence-corrected chi connectivity index (χ3v) is 5.90. The predicted molar refractivity (Wildman–Crippen MR) is 119 cm³/mol. The lowest BCUT2D eigenvalue weighted by Crippen LogP contribution is -2.46. The van der Waals surface area contributed by atoms with Crippen LogP contribution in [0, 0.1) is 11.2 Å². The number of anilines is 1. The number of hydrogen-bond donors (Lipinski definition) is 1. The molecule has 2 aliphatic rings. The van der Waals surface area contributed by atoms with Gasteiger partial charge in [-0.25, -0.2) is 14.4 Å². The minimum absolute atomic E-state index is 0.0332. The molecule has 0 bridgehead atoms. The monoisotopic (exact) mass is 442 g/mol. The number of halogens is 1. The molecule has 2 aromatic rings. The van der Waals surface area contributed by atoms with Gasteiger partial charge in [0.15, 0.2) is 18.2 Å². The molecule has 1 aliphatic heterocycles. The van der Waals surface area contributed by atoms with Crippen molar-refractivity contribution >= 4 is 11.9 Å². The summed E-state index contributed by atoms with van der Waals surface area (Å²) in [7, 11) is 0. The first-order valence-corrected chi connectivity index (χ1v) is 11.1. The summed E-state index contributed by atoms with van der Waals surface area (Å²) >= 11 is 0. The van der Waals surface area contributed by atoms with Gasteiger partial charge in [0, 0.05) is 24.8 Å². The van der Waals surface area contributed by atoms with Crippen LogP contribution in [0.1, 0.15) is 51.4 Å². The van der Waals surface area contributed by atoms with Crippen LogP contribution in [0.4, 0.5) is 10.3 Å².